The highest BCUT2D eigenvalue weighted by Crippen LogP contribution is 2.32. The van der Waals surface area contributed by atoms with E-state index < -0.39 is 0 Å². The molecule has 1 aliphatic heterocycles. The molecule has 1 aromatic heterocycles. The Morgan fingerprint density at radius 2 is 1.59 bits per heavy atom. The van der Waals surface area contributed by atoms with Gasteiger partial charge in [0.1, 0.15) is 5.75 Å². The zero-order valence-electron chi connectivity index (χ0n) is 19.6. The van der Waals surface area contributed by atoms with Crippen LogP contribution in [0, 0.1) is 0 Å². The largest absolute Gasteiger partial charge is 0.507 e. The summed E-state index contributed by atoms with van der Waals surface area (Å²) in [6, 6.07) is 17.9. The Morgan fingerprint density at radius 3 is 2.32 bits per heavy atom. The standard InChI is InChI=1S/C26H34N6O2/c27-12-4-18-34-17-3-5-20-8-10-21(11-9-20)31-13-15-32(16-14-31)24-19-23(29-30-26(24)28)22-6-1-2-7-25(22)33/h1-2,6-11,19,33H,3-5,12-18,27H2,(H2,28,30). The van der Waals surface area contributed by atoms with E-state index in [-0.39, 0.29) is 5.75 Å². The number of nitrogen functional groups attached to an aromatic ring is 1. The molecule has 3 aromatic rings. The van der Waals surface area contributed by atoms with Crippen LogP contribution in [0.25, 0.3) is 11.3 Å². The van der Waals surface area contributed by atoms with Crippen LogP contribution in [-0.2, 0) is 11.2 Å². The highest BCUT2D eigenvalue weighted by molar-refractivity contribution is 5.74. The van der Waals surface area contributed by atoms with E-state index >= 15 is 0 Å². The normalized spacial score (nSPS) is 13.9. The second kappa shape index (κ2) is 11.7. The van der Waals surface area contributed by atoms with Gasteiger partial charge in [-0.2, -0.15) is 0 Å². The second-order valence-electron chi connectivity index (χ2n) is 8.52. The number of ether oxygens (including phenoxy) is 1. The number of phenols is 1. The van der Waals surface area contributed by atoms with Gasteiger partial charge in [-0.25, -0.2) is 0 Å². The Kier molecular flexibility index (Phi) is 8.17. The van der Waals surface area contributed by atoms with Gasteiger partial charge in [0.25, 0.3) is 0 Å². The number of anilines is 3. The molecule has 34 heavy (non-hydrogen) atoms. The van der Waals surface area contributed by atoms with Crippen molar-refractivity contribution in [1.29, 1.82) is 0 Å². The highest BCUT2D eigenvalue weighted by atomic mass is 16.5. The molecular weight excluding hydrogens is 428 g/mol. The first-order valence-electron chi connectivity index (χ1n) is 11.9. The van der Waals surface area contributed by atoms with Gasteiger partial charge in [0.15, 0.2) is 5.82 Å². The van der Waals surface area contributed by atoms with Gasteiger partial charge >= 0.3 is 0 Å². The Hall–Kier alpha value is -3.36. The minimum absolute atomic E-state index is 0.180. The van der Waals surface area contributed by atoms with Gasteiger partial charge in [-0.15, -0.1) is 10.2 Å². The predicted octanol–water partition coefficient (Wildman–Crippen LogP) is 3.06. The molecule has 0 bridgehead atoms. The van der Waals surface area contributed by atoms with Gasteiger partial charge < -0.3 is 31.1 Å². The number of hydrogen-bond donors (Lipinski definition) is 3. The predicted molar refractivity (Wildman–Crippen MR) is 137 cm³/mol. The molecule has 5 N–H and O–H groups in total. The summed E-state index contributed by atoms with van der Waals surface area (Å²) in [7, 11) is 0. The first-order chi connectivity index (χ1) is 16.7. The molecule has 8 nitrogen and oxygen atoms in total. The van der Waals surface area contributed by atoms with Crippen LogP contribution in [-0.4, -0.2) is 61.2 Å². The lowest BCUT2D eigenvalue weighted by molar-refractivity contribution is 0.131. The zero-order chi connectivity index (χ0) is 23.8. The number of phenolic OH excluding ortho intramolecular Hbond substituents is 1. The number of nitrogens with zero attached hydrogens (tertiary/aromatic N) is 4. The number of aromatic nitrogens is 2. The lowest BCUT2D eigenvalue weighted by atomic mass is 10.1. The third-order valence-corrected chi connectivity index (χ3v) is 6.15. The average molecular weight is 463 g/mol. The van der Waals surface area contributed by atoms with Crippen LogP contribution >= 0.6 is 0 Å². The Morgan fingerprint density at radius 1 is 0.882 bits per heavy atom. The smallest absolute Gasteiger partial charge is 0.169 e. The van der Waals surface area contributed by atoms with Crippen LogP contribution in [0.3, 0.4) is 0 Å². The number of hydrogen-bond acceptors (Lipinski definition) is 8. The number of rotatable bonds is 10. The number of aromatic hydroxyl groups is 1. The molecule has 2 aromatic carbocycles. The number of nitrogens with two attached hydrogens (primary N) is 2. The molecule has 4 rings (SSSR count). The summed E-state index contributed by atoms with van der Waals surface area (Å²) in [5.74, 6) is 0.587. The Balaban J connectivity index is 1.32. The van der Waals surface area contributed by atoms with Crippen LogP contribution in [0.5, 0.6) is 5.75 Å². The molecule has 1 saturated heterocycles. The summed E-state index contributed by atoms with van der Waals surface area (Å²) in [4.78, 5) is 4.63. The maximum absolute atomic E-state index is 10.2. The van der Waals surface area contributed by atoms with E-state index in [2.05, 4.69) is 44.3 Å². The van der Waals surface area contributed by atoms with E-state index in [1.165, 1.54) is 11.3 Å². The summed E-state index contributed by atoms with van der Waals surface area (Å²) in [6.45, 7) is 5.66. The van der Waals surface area contributed by atoms with Gasteiger partial charge in [0, 0.05) is 50.6 Å². The average Bonchev–Trinajstić information content (AvgIpc) is 2.87. The number of para-hydroxylation sites is 1. The van der Waals surface area contributed by atoms with Crippen molar-refractivity contribution in [2.75, 3.05) is 61.5 Å². The molecule has 180 valence electrons. The zero-order valence-corrected chi connectivity index (χ0v) is 19.6. The maximum Gasteiger partial charge on any atom is 0.169 e. The number of piperazine rings is 1. The third kappa shape index (κ3) is 5.95. The quantitative estimate of drug-likeness (QED) is 0.394. The molecule has 1 aliphatic rings. The topological polar surface area (TPSA) is 114 Å². The molecule has 0 unspecified atom stereocenters. The molecule has 0 radical (unpaired) electrons. The molecule has 0 saturated carbocycles. The second-order valence-corrected chi connectivity index (χ2v) is 8.52. The van der Waals surface area contributed by atoms with Crippen molar-refractivity contribution in [2.45, 2.75) is 19.3 Å². The lowest BCUT2D eigenvalue weighted by Crippen LogP contribution is -2.46. The molecule has 8 heteroatoms. The van der Waals surface area contributed by atoms with E-state index in [1.54, 1.807) is 12.1 Å². The Labute approximate surface area is 201 Å². The monoisotopic (exact) mass is 462 g/mol. The molecular formula is C26H34N6O2. The van der Waals surface area contributed by atoms with Gasteiger partial charge in [-0.05, 0) is 61.7 Å². The lowest BCUT2D eigenvalue weighted by Gasteiger charge is -2.37. The SMILES string of the molecule is NCCCOCCCc1ccc(N2CCN(c3cc(-c4ccccc4O)nnc3N)CC2)cc1. The van der Waals surface area contributed by atoms with Crippen molar-refractivity contribution >= 4 is 17.2 Å². The first kappa shape index (κ1) is 23.8. The fraction of sp³-hybridized carbons (Fsp3) is 0.385. The molecule has 0 aliphatic carbocycles. The van der Waals surface area contributed by atoms with Gasteiger partial charge in [0.2, 0.25) is 0 Å². The van der Waals surface area contributed by atoms with Crippen molar-refractivity contribution in [3.63, 3.8) is 0 Å². The van der Waals surface area contributed by atoms with Crippen LogP contribution in [0.1, 0.15) is 18.4 Å². The van der Waals surface area contributed by atoms with Crippen molar-refractivity contribution in [2.24, 2.45) is 5.73 Å². The van der Waals surface area contributed by atoms with Gasteiger partial charge in [-0.3, -0.25) is 0 Å². The molecule has 0 amide bonds. The number of aryl methyl sites for hydroxylation is 1. The van der Waals surface area contributed by atoms with Crippen molar-refractivity contribution < 1.29 is 9.84 Å². The minimum atomic E-state index is 0.180. The van der Waals surface area contributed by atoms with Crippen LogP contribution < -0.4 is 21.3 Å². The van der Waals surface area contributed by atoms with E-state index in [1.807, 2.05) is 18.2 Å². The minimum Gasteiger partial charge on any atom is -0.507 e. The van der Waals surface area contributed by atoms with E-state index in [4.69, 9.17) is 16.2 Å². The Bertz CT molecular complexity index is 1050. The van der Waals surface area contributed by atoms with Crippen molar-refractivity contribution in [1.82, 2.24) is 10.2 Å². The van der Waals surface area contributed by atoms with Crippen LogP contribution in [0.15, 0.2) is 54.6 Å². The van der Waals surface area contributed by atoms with Gasteiger partial charge in [0.05, 0.1) is 11.4 Å². The molecule has 0 atom stereocenters. The van der Waals surface area contributed by atoms with Crippen molar-refractivity contribution in [3.05, 3.63) is 60.2 Å². The van der Waals surface area contributed by atoms with Crippen LogP contribution in [0.4, 0.5) is 17.2 Å². The molecule has 1 fully saturated rings. The van der Waals surface area contributed by atoms with E-state index in [9.17, 15) is 5.11 Å². The third-order valence-electron chi connectivity index (χ3n) is 6.15. The van der Waals surface area contributed by atoms with Gasteiger partial charge in [-0.1, -0.05) is 24.3 Å². The summed E-state index contributed by atoms with van der Waals surface area (Å²) in [6.07, 6.45) is 2.96. The van der Waals surface area contributed by atoms with Crippen LogP contribution in [0.2, 0.25) is 0 Å². The molecule has 2 heterocycles. The summed E-state index contributed by atoms with van der Waals surface area (Å²) >= 11 is 0. The molecule has 0 spiro atoms. The van der Waals surface area contributed by atoms with E-state index in [0.29, 0.717) is 23.6 Å². The van der Waals surface area contributed by atoms with Crippen molar-refractivity contribution in [3.8, 4) is 17.0 Å². The summed E-state index contributed by atoms with van der Waals surface area (Å²) < 4.78 is 5.59. The summed E-state index contributed by atoms with van der Waals surface area (Å²) in [5, 5.41) is 18.5. The highest BCUT2D eigenvalue weighted by Gasteiger charge is 2.21. The first-order valence-corrected chi connectivity index (χ1v) is 11.9. The van der Waals surface area contributed by atoms with E-state index in [0.717, 1.165) is 64.3 Å². The summed E-state index contributed by atoms with van der Waals surface area (Å²) in [5.41, 5.74) is 16.3. The fourth-order valence-corrected chi connectivity index (χ4v) is 4.21. The number of benzene rings is 2. The maximum atomic E-state index is 10.2. The fourth-order valence-electron chi connectivity index (χ4n) is 4.21.